The van der Waals surface area contributed by atoms with E-state index in [9.17, 15) is 17.6 Å². The molecule has 0 aromatic heterocycles. The maximum Gasteiger partial charge on any atom is 0.261 e. The first-order chi connectivity index (χ1) is 12.0. The molecule has 0 aliphatic carbocycles. The van der Waals surface area contributed by atoms with Crippen molar-refractivity contribution in [3.05, 3.63) is 58.9 Å². The lowest BCUT2D eigenvalue weighted by Crippen LogP contribution is -2.42. The number of sulfonamides is 1. The van der Waals surface area contributed by atoms with Crippen molar-refractivity contribution in [2.45, 2.75) is 37.6 Å². The van der Waals surface area contributed by atoms with Crippen molar-refractivity contribution in [3.63, 3.8) is 0 Å². The van der Waals surface area contributed by atoms with Gasteiger partial charge >= 0.3 is 0 Å². The summed E-state index contributed by atoms with van der Waals surface area (Å²) in [5.41, 5.74) is -0.0597. The number of hydrogen-bond donors (Lipinski definition) is 2. The van der Waals surface area contributed by atoms with Crippen LogP contribution in [0.15, 0.2) is 47.4 Å². The van der Waals surface area contributed by atoms with Crippen molar-refractivity contribution < 1.29 is 17.6 Å². The molecule has 0 bridgehead atoms. The number of hydrogen-bond acceptors (Lipinski definition) is 3. The van der Waals surface area contributed by atoms with Gasteiger partial charge in [-0.1, -0.05) is 18.5 Å². The fraction of sp³-hybridized carbons (Fsp3) is 0.278. The topological polar surface area (TPSA) is 75.3 Å². The molecule has 0 aliphatic rings. The highest BCUT2D eigenvalue weighted by Gasteiger charge is 2.21. The molecule has 140 valence electrons. The summed E-state index contributed by atoms with van der Waals surface area (Å²) in [6.07, 6.45) is 0.733. The molecule has 2 rings (SSSR count). The van der Waals surface area contributed by atoms with E-state index in [1.807, 2.05) is 20.8 Å². The summed E-state index contributed by atoms with van der Waals surface area (Å²) in [7, 11) is -3.97. The van der Waals surface area contributed by atoms with Gasteiger partial charge in [-0.3, -0.25) is 9.52 Å². The Balaban J connectivity index is 2.30. The number of nitrogens with one attached hydrogen (secondary N) is 2. The number of benzene rings is 2. The molecular weight excluding hydrogens is 379 g/mol. The second-order valence-electron chi connectivity index (χ2n) is 6.45. The third-order valence-corrected chi connectivity index (χ3v) is 5.64. The van der Waals surface area contributed by atoms with Crippen LogP contribution in [0.2, 0.25) is 5.02 Å². The Morgan fingerprint density at radius 3 is 2.35 bits per heavy atom. The van der Waals surface area contributed by atoms with Crippen molar-refractivity contribution in [2.75, 3.05) is 4.72 Å². The highest BCUT2D eigenvalue weighted by atomic mass is 35.5. The molecule has 8 heteroatoms. The Kier molecular flexibility index (Phi) is 5.93. The number of rotatable bonds is 6. The van der Waals surface area contributed by atoms with Crippen molar-refractivity contribution in [3.8, 4) is 0 Å². The molecule has 5 nitrogen and oxygen atoms in total. The van der Waals surface area contributed by atoms with Crippen LogP contribution in [0, 0.1) is 5.82 Å². The summed E-state index contributed by atoms with van der Waals surface area (Å²) in [6.45, 7) is 5.72. The van der Waals surface area contributed by atoms with E-state index in [0.29, 0.717) is 0 Å². The van der Waals surface area contributed by atoms with E-state index in [4.69, 9.17) is 11.6 Å². The minimum Gasteiger partial charge on any atom is -0.347 e. The Labute approximate surface area is 157 Å². The number of carbonyl (C=O) groups is 1. The van der Waals surface area contributed by atoms with Crippen LogP contribution in [0.3, 0.4) is 0 Å². The first kappa shape index (κ1) is 20.2. The van der Waals surface area contributed by atoms with Crippen LogP contribution in [0.4, 0.5) is 10.1 Å². The molecular formula is C18H20ClFN2O3S. The van der Waals surface area contributed by atoms with Gasteiger partial charge in [-0.05, 0) is 62.7 Å². The number of anilines is 1. The molecule has 0 radical (unpaired) electrons. The van der Waals surface area contributed by atoms with E-state index >= 15 is 0 Å². The molecule has 0 saturated carbocycles. The maximum absolute atomic E-state index is 13.0. The third-order valence-electron chi connectivity index (χ3n) is 3.93. The second-order valence-corrected chi connectivity index (χ2v) is 8.54. The Bertz CT molecular complexity index is 913. The number of halogens is 2. The van der Waals surface area contributed by atoms with E-state index in [0.717, 1.165) is 30.7 Å². The van der Waals surface area contributed by atoms with Gasteiger partial charge < -0.3 is 5.32 Å². The van der Waals surface area contributed by atoms with Crippen LogP contribution < -0.4 is 10.0 Å². The monoisotopic (exact) mass is 398 g/mol. The predicted octanol–water partition coefficient (Wildman–Crippen LogP) is 4.20. The van der Waals surface area contributed by atoms with Gasteiger partial charge in [-0.15, -0.1) is 0 Å². The molecule has 0 fully saturated rings. The predicted molar refractivity (Wildman–Crippen MR) is 100 cm³/mol. The standard InChI is InChI=1S/C18H20ClFN2O3S/c1-4-18(2,3)21-17(23)12-5-10-15(19)16(11-12)22-26(24,25)14-8-6-13(20)7-9-14/h5-11,22H,4H2,1-3H3,(H,21,23). The first-order valence-electron chi connectivity index (χ1n) is 7.94. The van der Waals surface area contributed by atoms with Gasteiger partial charge in [0.25, 0.3) is 15.9 Å². The van der Waals surface area contributed by atoms with Crippen LogP contribution in [-0.4, -0.2) is 19.9 Å². The first-order valence-corrected chi connectivity index (χ1v) is 9.80. The summed E-state index contributed by atoms with van der Waals surface area (Å²) < 4.78 is 40.2. The van der Waals surface area contributed by atoms with Crippen LogP contribution in [0.25, 0.3) is 0 Å². The lowest BCUT2D eigenvalue weighted by Gasteiger charge is -2.24. The quantitative estimate of drug-likeness (QED) is 0.765. The van der Waals surface area contributed by atoms with Crippen molar-refractivity contribution in [1.82, 2.24) is 5.32 Å². The van der Waals surface area contributed by atoms with Gasteiger partial charge in [0, 0.05) is 11.1 Å². The van der Waals surface area contributed by atoms with Crippen molar-refractivity contribution in [2.24, 2.45) is 0 Å². The molecule has 0 aliphatic heterocycles. The number of amides is 1. The van der Waals surface area contributed by atoms with Gasteiger partial charge in [0.15, 0.2) is 0 Å². The molecule has 0 heterocycles. The molecule has 0 atom stereocenters. The highest BCUT2D eigenvalue weighted by Crippen LogP contribution is 2.26. The summed E-state index contributed by atoms with van der Waals surface area (Å²) >= 11 is 6.06. The SMILES string of the molecule is CCC(C)(C)NC(=O)c1ccc(Cl)c(NS(=O)(=O)c2ccc(F)cc2)c1. The average Bonchev–Trinajstić information content (AvgIpc) is 2.56. The zero-order valence-electron chi connectivity index (χ0n) is 14.6. The Hall–Kier alpha value is -2.12. The van der Waals surface area contributed by atoms with Crippen LogP contribution in [-0.2, 0) is 10.0 Å². The van der Waals surface area contributed by atoms with Crippen LogP contribution in [0.1, 0.15) is 37.6 Å². The molecule has 2 aromatic rings. The molecule has 2 aromatic carbocycles. The van der Waals surface area contributed by atoms with E-state index in [1.165, 1.54) is 18.2 Å². The van der Waals surface area contributed by atoms with E-state index in [1.54, 1.807) is 0 Å². The maximum atomic E-state index is 13.0. The van der Waals surface area contributed by atoms with Gasteiger partial charge in [-0.2, -0.15) is 0 Å². The zero-order chi connectivity index (χ0) is 19.5. The second kappa shape index (κ2) is 7.63. The molecule has 0 spiro atoms. The zero-order valence-corrected chi connectivity index (χ0v) is 16.2. The largest absolute Gasteiger partial charge is 0.347 e. The minimum absolute atomic E-state index is 0.0675. The summed E-state index contributed by atoms with van der Waals surface area (Å²) in [6, 6.07) is 8.71. The lowest BCUT2D eigenvalue weighted by molar-refractivity contribution is 0.0911. The lowest BCUT2D eigenvalue weighted by atomic mass is 10.0. The van der Waals surface area contributed by atoms with Gasteiger partial charge in [-0.25, -0.2) is 12.8 Å². The fourth-order valence-corrected chi connectivity index (χ4v) is 3.32. The third kappa shape index (κ3) is 4.95. The smallest absolute Gasteiger partial charge is 0.261 e. The van der Waals surface area contributed by atoms with Crippen molar-refractivity contribution >= 4 is 33.2 Å². The van der Waals surface area contributed by atoms with E-state index in [2.05, 4.69) is 10.0 Å². The van der Waals surface area contributed by atoms with Crippen molar-refractivity contribution in [1.29, 1.82) is 0 Å². The summed E-state index contributed by atoms with van der Waals surface area (Å²) in [4.78, 5) is 12.3. The minimum atomic E-state index is -3.97. The molecule has 2 N–H and O–H groups in total. The Morgan fingerprint density at radius 2 is 1.77 bits per heavy atom. The van der Waals surface area contributed by atoms with Gasteiger partial charge in [0.1, 0.15) is 5.82 Å². The normalized spacial score (nSPS) is 11.9. The van der Waals surface area contributed by atoms with Crippen LogP contribution >= 0.6 is 11.6 Å². The average molecular weight is 399 g/mol. The number of carbonyl (C=O) groups excluding carboxylic acids is 1. The highest BCUT2D eigenvalue weighted by molar-refractivity contribution is 7.92. The summed E-state index contributed by atoms with van der Waals surface area (Å²) in [5.74, 6) is -0.880. The fourth-order valence-electron chi connectivity index (χ4n) is 2.03. The molecule has 0 unspecified atom stereocenters. The van der Waals surface area contributed by atoms with E-state index in [-0.39, 0.29) is 27.1 Å². The molecule has 0 saturated heterocycles. The Morgan fingerprint density at radius 1 is 1.15 bits per heavy atom. The van der Waals surface area contributed by atoms with Crippen LogP contribution in [0.5, 0.6) is 0 Å². The molecule has 1 amide bonds. The van der Waals surface area contributed by atoms with Gasteiger partial charge in [0.2, 0.25) is 0 Å². The summed E-state index contributed by atoms with van der Waals surface area (Å²) in [5, 5.41) is 3.01. The van der Waals surface area contributed by atoms with E-state index < -0.39 is 21.4 Å². The molecule has 26 heavy (non-hydrogen) atoms. The van der Waals surface area contributed by atoms with Gasteiger partial charge in [0.05, 0.1) is 15.6 Å².